The van der Waals surface area contributed by atoms with Gasteiger partial charge in [-0.1, -0.05) is 18.5 Å². The Bertz CT molecular complexity index is 493. The summed E-state index contributed by atoms with van der Waals surface area (Å²) < 4.78 is 5.36. The van der Waals surface area contributed by atoms with Crippen LogP contribution < -0.4 is 0 Å². The molecular weight excluding hydrogens is 334 g/mol. The van der Waals surface area contributed by atoms with Crippen molar-refractivity contribution in [1.29, 1.82) is 0 Å². The van der Waals surface area contributed by atoms with Gasteiger partial charge in [0.2, 0.25) is 0 Å². The lowest BCUT2D eigenvalue weighted by Crippen LogP contribution is -2.34. The maximum absolute atomic E-state index is 12.2. The Morgan fingerprint density at radius 1 is 1.47 bits per heavy atom. The Morgan fingerprint density at radius 3 is 2.63 bits per heavy atom. The van der Waals surface area contributed by atoms with Crippen molar-refractivity contribution in [2.24, 2.45) is 5.92 Å². The van der Waals surface area contributed by atoms with Crippen molar-refractivity contribution < 1.29 is 14.3 Å². The molecule has 0 aliphatic heterocycles. The predicted molar refractivity (Wildman–Crippen MR) is 77.3 cm³/mol. The summed E-state index contributed by atoms with van der Waals surface area (Å²) in [5, 5.41) is 0.472. The van der Waals surface area contributed by atoms with Crippen molar-refractivity contribution >= 4 is 39.4 Å². The number of halogens is 2. The molecule has 1 atom stereocenters. The van der Waals surface area contributed by atoms with E-state index in [2.05, 4.69) is 20.7 Å². The molecule has 104 valence electrons. The number of hydrogen-bond acceptors (Lipinski definition) is 3. The van der Waals surface area contributed by atoms with Gasteiger partial charge in [-0.15, -0.1) is 0 Å². The highest BCUT2D eigenvalue weighted by atomic mass is 79.9. The third-order valence-electron chi connectivity index (χ3n) is 2.66. The molecule has 19 heavy (non-hydrogen) atoms. The van der Waals surface area contributed by atoms with Gasteiger partial charge in [0, 0.05) is 23.6 Å². The predicted octanol–water partition coefficient (Wildman–Crippen LogP) is 2.98. The van der Waals surface area contributed by atoms with Gasteiger partial charge in [-0.3, -0.25) is 9.59 Å². The van der Waals surface area contributed by atoms with Crippen LogP contribution in [-0.4, -0.2) is 37.5 Å². The second kappa shape index (κ2) is 6.91. The van der Waals surface area contributed by atoms with Gasteiger partial charge in [0.05, 0.1) is 18.1 Å². The number of ether oxygens (including phenoxy) is 1. The number of amides is 1. The number of methoxy groups -OCH3 is 1. The van der Waals surface area contributed by atoms with Crippen LogP contribution in [-0.2, 0) is 9.53 Å². The number of nitrogens with zero attached hydrogens (tertiary/aromatic N) is 1. The van der Waals surface area contributed by atoms with Crippen LogP contribution in [0.1, 0.15) is 17.3 Å². The summed E-state index contributed by atoms with van der Waals surface area (Å²) in [6.45, 7) is 2.00. The summed E-state index contributed by atoms with van der Waals surface area (Å²) in [7, 11) is 2.97. The molecule has 6 heteroatoms. The lowest BCUT2D eigenvalue weighted by Gasteiger charge is -2.20. The van der Waals surface area contributed by atoms with E-state index in [1.807, 2.05) is 0 Å². The topological polar surface area (TPSA) is 46.6 Å². The average Bonchev–Trinajstić information content (AvgIpc) is 2.39. The smallest absolute Gasteiger partial charge is 0.310 e. The zero-order valence-electron chi connectivity index (χ0n) is 10.9. The van der Waals surface area contributed by atoms with Gasteiger partial charge >= 0.3 is 5.97 Å². The summed E-state index contributed by atoms with van der Waals surface area (Å²) in [5.74, 6) is -0.900. The first-order valence-electron chi connectivity index (χ1n) is 5.65. The van der Waals surface area contributed by atoms with Crippen molar-refractivity contribution in [2.75, 3.05) is 20.7 Å². The molecule has 0 N–H and O–H groups in total. The van der Waals surface area contributed by atoms with Crippen molar-refractivity contribution in [3.63, 3.8) is 0 Å². The van der Waals surface area contributed by atoms with E-state index >= 15 is 0 Å². The minimum atomic E-state index is -0.370. The number of benzene rings is 1. The van der Waals surface area contributed by atoms with E-state index in [1.165, 1.54) is 12.0 Å². The molecule has 1 amide bonds. The van der Waals surface area contributed by atoms with Crippen LogP contribution in [0.15, 0.2) is 22.7 Å². The maximum Gasteiger partial charge on any atom is 0.310 e. The Balaban J connectivity index is 2.76. The second-order valence-electron chi connectivity index (χ2n) is 4.24. The fourth-order valence-electron chi connectivity index (χ4n) is 1.62. The normalized spacial score (nSPS) is 11.8. The molecule has 4 nitrogen and oxygen atoms in total. The molecule has 0 spiro atoms. The molecular formula is C13H15BrClNO3. The van der Waals surface area contributed by atoms with Gasteiger partial charge in [0.1, 0.15) is 0 Å². The van der Waals surface area contributed by atoms with E-state index in [0.29, 0.717) is 17.1 Å². The highest BCUT2D eigenvalue weighted by Gasteiger charge is 2.20. The summed E-state index contributed by atoms with van der Waals surface area (Å²) >= 11 is 9.22. The number of rotatable bonds is 4. The summed E-state index contributed by atoms with van der Waals surface area (Å²) in [6, 6.07) is 4.98. The first kappa shape index (κ1) is 16.0. The fourth-order valence-corrected chi connectivity index (χ4v) is 2.05. The molecule has 0 fully saturated rings. The molecule has 1 rings (SSSR count). The lowest BCUT2D eigenvalue weighted by atomic mass is 10.1. The van der Waals surface area contributed by atoms with Crippen LogP contribution in [0, 0.1) is 5.92 Å². The minimum absolute atomic E-state index is 0.190. The van der Waals surface area contributed by atoms with Crippen LogP contribution in [0.2, 0.25) is 5.02 Å². The number of hydrogen-bond donors (Lipinski definition) is 0. The zero-order valence-corrected chi connectivity index (χ0v) is 13.3. The van der Waals surface area contributed by atoms with Crippen LogP contribution in [0.5, 0.6) is 0 Å². The van der Waals surface area contributed by atoms with Gasteiger partial charge < -0.3 is 9.64 Å². The van der Waals surface area contributed by atoms with Crippen LogP contribution in [0.25, 0.3) is 0 Å². The third-order valence-corrected chi connectivity index (χ3v) is 3.90. The SMILES string of the molecule is COC(=O)C(C)CN(C)C(=O)c1ccc(Br)c(Cl)c1. The maximum atomic E-state index is 12.2. The molecule has 0 aliphatic carbocycles. The largest absolute Gasteiger partial charge is 0.469 e. The Kier molecular flexibility index (Phi) is 5.82. The van der Waals surface area contributed by atoms with Crippen molar-refractivity contribution in [3.8, 4) is 0 Å². The van der Waals surface area contributed by atoms with Crippen molar-refractivity contribution in [1.82, 2.24) is 4.90 Å². The number of carbonyl (C=O) groups is 2. The first-order valence-corrected chi connectivity index (χ1v) is 6.82. The van der Waals surface area contributed by atoms with E-state index in [9.17, 15) is 9.59 Å². The molecule has 0 saturated heterocycles. The highest BCUT2D eigenvalue weighted by Crippen LogP contribution is 2.23. The second-order valence-corrected chi connectivity index (χ2v) is 5.50. The number of esters is 1. The molecule has 0 saturated carbocycles. The molecule has 0 heterocycles. The number of carbonyl (C=O) groups excluding carboxylic acids is 2. The standard InChI is InChI=1S/C13H15BrClNO3/c1-8(13(18)19-3)7-16(2)12(17)9-4-5-10(14)11(15)6-9/h4-6,8H,7H2,1-3H3. The average molecular weight is 349 g/mol. The quantitative estimate of drug-likeness (QED) is 0.786. The minimum Gasteiger partial charge on any atom is -0.469 e. The lowest BCUT2D eigenvalue weighted by molar-refractivity contribution is -0.145. The summed E-state index contributed by atoms with van der Waals surface area (Å²) in [4.78, 5) is 24.9. The van der Waals surface area contributed by atoms with E-state index in [-0.39, 0.29) is 17.8 Å². The first-order chi connectivity index (χ1) is 8.86. The Labute approximate surface area is 125 Å². The van der Waals surface area contributed by atoms with Crippen molar-refractivity contribution in [3.05, 3.63) is 33.3 Å². The highest BCUT2D eigenvalue weighted by molar-refractivity contribution is 9.10. The van der Waals surface area contributed by atoms with Gasteiger partial charge in [-0.05, 0) is 34.1 Å². The van der Waals surface area contributed by atoms with Gasteiger partial charge in [0.15, 0.2) is 0 Å². The molecule has 0 radical (unpaired) electrons. The molecule has 1 unspecified atom stereocenters. The summed E-state index contributed by atoms with van der Waals surface area (Å²) in [5.41, 5.74) is 0.479. The third kappa shape index (κ3) is 4.21. The molecule has 0 bridgehead atoms. The zero-order chi connectivity index (χ0) is 14.6. The monoisotopic (exact) mass is 347 g/mol. The van der Waals surface area contributed by atoms with E-state index < -0.39 is 0 Å². The van der Waals surface area contributed by atoms with E-state index in [1.54, 1.807) is 32.2 Å². The van der Waals surface area contributed by atoms with Gasteiger partial charge in [-0.2, -0.15) is 0 Å². The molecule has 0 aromatic heterocycles. The van der Waals surface area contributed by atoms with Crippen LogP contribution in [0.3, 0.4) is 0 Å². The summed E-state index contributed by atoms with van der Waals surface area (Å²) in [6.07, 6.45) is 0. The van der Waals surface area contributed by atoms with Crippen LogP contribution in [0.4, 0.5) is 0 Å². The fraction of sp³-hybridized carbons (Fsp3) is 0.385. The molecule has 0 aliphatic rings. The Hall–Kier alpha value is -1.07. The van der Waals surface area contributed by atoms with Crippen molar-refractivity contribution in [2.45, 2.75) is 6.92 Å². The van der Waals surface area contributed by atoms with E-state index in [4.69, 9.17) is 11.6 Å². The Morgan fingerprint density at radius 2 is 2.11 bits per heavy atom. The molecule has 1 aromatic carbocycles. The van der Waals surface area contributed by atoms with E-state index in [0.717, 1.165) is 4.47 Å². The van der Waals surface area contributed by atoms with Gasteiger partial charge in [-0.25, -0.2) is 0 Å². The van der Waals surface area contributed by atoms with Crippen LogP contribution >= 0.6 is 27.5 Å². The van der Waals surface area contributed by atoms with Gasteiger partial charge in [0.25, 0.3) is 5.91 Å². The molecule has 1 aromatic rings.